The van der Waals surface area contributed by atoms with Crippen LogP contribution in [0.2, 0.25) is 0 Å². The molecule has 4 heterocycles. The summed E-state index contributed by atoms with van der Waals surface area (Å²) in [5.41, 5.74) is 3.24. The number of ether oxygens (including phenoxy) is 2. The summed E-state index contributed by atoms with van der Waals surface area (Å²) < 4.78 is 11.4. The summed E-state index contributed by atoms with van der Waals surface area (Å²) in [4.78, 5) is 36.9. The number of fused-ring (bicyclic) bond motifs is 4. The van der Waals surface area contributed by atoms with E-state index in [0.717, 1.165) is 106 Å². The smallest absolute Gasteiger partial charge is 0.412 e. The second-order valence-electron chi connectivity index (χ2n) is 14.0. The van der Waals surface area contributed by atoms with Crippen molar-refractivity contribution in [2.24, 2.45) is 0 Å². The van der Waals surface area contributed by atoms with Gasteiger partial charge >= 0.3 is 12.2 Å². The zero-order chi connectivity index (χ0) is 32.5. The monoisotopic (exact) mass is 680 g/mol. The molecule has 0 atom stereocenters. The van der Waals surface area contributed by atoms with Gasteiger partial charge < -0.3 is 19.7 Å². The number of benzene rings is 2. The zero-order valence-electron chi connectivity index (χ0n) is 28.2. The number of carbonyl (C=O) groups excluding carboxylic acids is 3. The molecule has 10 heteroatoms. The van der Waals surface area contributed by atoms with Crippen molar-refractivity contribution < 1.29 is 23.9 Å². The van der Waals surface area contributed by atoms with Crippen molar-refractivity contribution in [1.29, 1.82) is 0 Å². The van der Waals surface area contributed by atoms with Crippen molar-refractivity contribution in [3.63, 3.8) is 0 Å². The van der Waals surface area contributed by atoms with Crippen molar-refractivity contribution in [1.82, 2.24) is 10.2 Å². The Kier molecular flexibility index (Phi) is 12.8. The van der Waals surface area contributed by atoms with Crippen molar-refractivity contribution in [3.05, 3.63) is 59.7 Å². The maximum absolute atomic E-state index is 12.0. The number of amides is 2. The third-order valence-corrected chi connectivity index (χ3v) is 10.9. The van der Waals surface area contributed by atoms with E-state index in [-0.39, 0.29) is 24.6 Å². The number of likely N-dealkylation sites (tertiary alicyclic amines) is 1. The summed E-state index contributed by atoms with van der Waals surface area (Å²) in [5.74, 6) is 0.475. The van der Waals surface area contributed by atoms with Gasteiger partial charge in [-0.3, -0.25) is 15.4 Å². The van der Waals surface area contributed by atoms with Crippen LogP contribution in [0.5, 0.6) is 0 Å². The summed E-state index contributed by atoms with van der Waals surface area (Å²) in [6.45, 7) is 3.85. The van der Waals surface area contributed by atoms with Crippen molar-refractivity contribution in [3.8, 4) is 0 Å². The SMILES string of the molecule is Cl.O=C1CCCCCC1.O=C1Nc2ccccc2C2(CCN(C3CCCCCC3)CC2)O1.O=C1Nc2ccccc2C2(CCNCC2)O1. The Morgan fingerprint density at radius 1 is 0.604 bits per heavy atom. The number of anilines is 2. The number of hydrogen-bond donors (Lipinski definition) is 3. The molecule has 0 aromatic heterocycles. The van der Waals surface area contributed by atoms with E-state index in [0.29, 0.717) is 5.78 Å². The van der Waals surface area contributed by atoms with Crippen molar-refractivity contribution in [2.75, 3.05) is 36.8 Å². The number of nitrogens with one attached hydrogen (secondary N) is 3. The Morgan fingerprint density at radius 3 is 1.58 bits per heavy atom. The van der Waals surface area contributed by atoms with E-state index in [1.54, 1.807) is 0 Å². The molecule has 4 fully saturated rings. The Balaban J connectivity index is 0.000000156. The van der Waals surface area contributed by atoms with Crippen molar-refractivity contribution >= 4 is 41.8 Å². The van der Waals surface area contributed by atoms with Gasteiger partial charge in [-0.2, -0.15) is 0 Å². The molecule has 2 spiro atoms. The van der Waals surface area contributed by atoms with E-state index in [4.69, 9.17) is 9.47 Å². The van der Waals surface area contributed by atoms with E-state index < -0.39 is 11.2 Å². The quantitative estimate of drug-likeness (QED) is 0.260. The molecule has 9 nitrogen and oxygen atoms in total. The average molecular weight is 681 g/mol. The molecular formula is C38H53ClN4O5. The Labute approximate surface area is 291 Å². The minimum absolute atomic E-state index is 0. The van der Waals surface area contributed by atoms with Gasteiger partial charge in [0.05, 0.1) is 11.4 Å². The number of halogens is 1. The molecule has 2 amide bonds. The molecule has 2 aromatic carbocycles. The van der Waals surface area contributed by atoms with E-state index >= 15 is 0 Å². The highest BCUT2D eigenvalue weighted by Crippen LogP contribution is 2.44. The Bertz CT molecular complexity index is 1370. The minimum Gasteiger partial charge on any atom is -0.438 e. The molecule has 2 aliphatic carbocycles. The molecule has 2 saturated heterocycles. The molecule has 0 unspecified atom stereocenters. The lowest BCUT2D eigenvalue weighted by molar-refractivity contribution is -0.118. The lowest BCUT2D eigenvalue weighted by Crippen LogP contribution is -2.50. The first-order valence-corrected chi connectivity index (χ1v) is 18.1. The molecule has 262 valence electrons. The van der Waals surface area contributed by atoms with Gasteiger partial charge in [0.15, 0.2) is 0 Å². The van der Waals surface area contributed by atoms with Gasteiger partial charge in [0, 0.05) is 68.8 Å². The number of ketones is 1. The third kappa shape index (κ3) is 8.71. The van der Waals surface area contributed by atoms with E-state index in [2.05, 4.69) is 26.9 Å². The van der Waals surface area contributed by atoms with Crippen LogP contribution in [0.1, 0.15) is 114 Å². The summed E-state index contributed by atoms with van der Waals surface area (Å²) >= 11 is 0. The minimum atomic E-state index is -0.417. The van der Waals surface area contributed by atoms with Crippen LogP contribution < -0.4 is 16.0 Å². The fraction of sp³-hybridized carbons (Fsp3) is 0.605. The average Bonchev–Trinajstić information content (AvgIpc) is 3.51. The van der Waals surface area contributed by atoms with Crippen LogP contribution in [-0.2, 0) is 25.5 Å². The number of carbonyl (C=O) groups is 3. The molecule has 6 aliphatic rings. The van der Waals surface area contributed by atoms with Crippen LogP contribution in [0.15, 0.2) is 48.5 Å². The maximum atomic E-state index is 12.0. The van der Waals surface area contributed by atoms with Gasteiger partial charge in [-0.25, -0.2) is 9.59 Å². The molecule has 2 saturated carbocycles. The number of rotatable bonds is 1. The largest absolute Gasteiger partial charge is 0.438 e. The van der Waals surface area contributed by atoms with Crippen LogP contribution in [0.3, 0.4) is 0 Å². The molecule has 2 aromatic rings. The number of piperidine rings is 2. The predicted molar refractivity (Wildman–Crippen MR) is 191 cm³/mol. The second-order valence-corrected chi connectivity index (χ2v) is 14.0. The van der Waals surface area contributed by atoms with E-state index in [1.165, 1.54) is 51.4 Å². The van der Waals surface area contributed by atoms with Crippen LogP contribution in [0.4, 0.5) is 21.0 Å². The Morgan fingerprint density at radius 2 is 1.06 bits per heavy atom. The standard InChI is InChI=1S/C19H26N2O2.C12H14N2O2.C7H12O.ClH/c22-18-20-17-10-6-5-9-16(17)19(23-18)11-13-21(14-12-19)15-7-3-1-2-4-8-15;15-11-14-10-4-2-1-3-9(10)12(16-11)5-7-13-8-6-12;8-7-5-3-1-2-4-6-7;/h5-6,9-10,15H,1-4,7-8,11-14H2,(H,20,22);1-4,13H,5-8H2,(H,14,15);1-6H2;1H. The summed E-state index contributed by atoms with van der Waals surface area (Å²) in [6, 6.07) is 16.7. The fourth-order valence-electron chi connectivity index (χ4n) is 8.28. The highest BCUT2D eigenvalue weighted by molar-refractivity contribution is 5.89. The first-order chi connectivity index (χ1) is 23.0. The zero-order valence-corrected chi connectivity index (χ0v) is 29.1. The normalized spacial score (nSPS) is 23.3. The van der Waals surface area contributed by atoms with E-state index in [1.807, 2.05) is 42.5 Å². The molecule has 4 aliphatic heterocycles. The van der Waals surface area contributed by atoms with Crippen LogP contribution >= 0.6 is 12.4 Å². The van der Waals surface area contributed by atoms with Gasteiger partial charge in [-0.1, -0.05) is 74.9 Å². The maximum Gasteiger partial charge on any atom is 0.412 e. The molecule has 3 N–H and O–H groups in total. The van der Waals surface area contributed by atoms with Crippen LogP contribution in [-0.4, -0.2) is 55.1 Å². The van der Waals surface area contributed by atoms with Gasteiger partial charge in [-0.05, 0) is 50.9 Å². The number of nitrogens with zero attached hydrogens (tertiary/aromatic N) is 1. The summed E-state index contributed by atoms with van der Waals surface area (Å²) in [7, 11) is 0. The molecule has 8 rings (SSSR count). The predicted octanol–water partition coefficient (Wildman–Crippen LogP) is 8.42. The summed E-state index contributed by atoms with van der Waals surface area (Å²) in [6.07, 6.45) is 17.6. The summed E-state index contributed by atoms with van der Waals surface area (Å²) in [5, 5.41) is 8.88. The molecule has 48 heavy (non-hydrogen) atoms. The van der Waals surface area contributed by atoms with Gasteiger partial charge in [0.25, 0.3) is 0 Å². The lowest BCUT2D eigenvalue weighted by Gasteiger charge is -2.46. The first-order valence-electron chi connectivity index (χ1n) is 18.1. The van der Waals surface area contributed by atoms with Gasteiger partial charge in [0.2, 0.25) is 0 Å². The number of Topliss-reactive ketones (excluding diaryl/α,β-unsaturated/α-hetero) is 1. The highest BCUT2D eigenvalue weighted by atomic mass is 35.5. The van der Waals surface area contributed by atoms with Crippen molar-refractivity contribution in [2.45, 2.75) is 120 Å². The molecule has 0 radical (unpaired) electrons. The Hall–Kier alpha value is -3.14. The third-order valence-electron chi connectivity index (χ3n) is 10.9. The number of para-hydroxylation sites is 2. The van der Waals surface area contributed by atoms with Gasteiger partial charge in [0.1, 0.15) is 17.0 Å². The molecular weight excluding hydrogens is 628 g/mol. The highest BCUT2D eigenvalue weighted by Gasteiger charge is 2.45. The lowest BCUT2D eigenvalue weighted by atomic mass is 9.81. The number of hydrogen-bond acceptors (Lipinski definition) is 7. The molecule has 0 bridgehead atoms. The van der Waals surface area contributed by atoms with Crippen LogP contribution in [0, 0.1) is 0 Å². The van der Waals surface area contributed by atoms with E-state index in [9.17, 15) is 14.4 Å². The first kappa shape index (κ1) is 36.1. The second kappa shape index (κ2) is 17.0. The fourth-order valence-corrected chi connectivity index (χ4v) is 8.28. The topological polar surface area (TPSA) is 109 Å². The van der Waals surface area contributed by atoms with Crippen LogP contribution in [0.25, 0.3) is 0 Å². The van der Waals surface area contributed by atoms with Gasteiger partial charge in [-0.15, -0.1) is 12.4 Å².